The lowest BCUT2D eigenvalue weighted by molar-refractivity contribution is -0.138. The van der Waals surface area contributed by atoms with Gasteiger partial charge in [0.2, 0.25) is 5.91 Å². The SMILES string of the molecule is CC(C)S(=O)(=O)c1ccc(CC(=O)N2CCC(CC(=O)O)CC2)cc1. The van der Waals surface area contributed by atoms with E-state index in [1.807, 2.05) is 0 Å². The molecule has 6 nitrogen and oxygen atoms in total. The summed E-state index contributed by atoms with van der Waals surface area (Å²) in [7, 11) is -3.30. The Balaban J connectivity index is 1.92. The lowest BCUT2D eigenvalue weighted by atomic mass is 9.93. The molecule has 1 fully saturated rings. The molecule has 0 bridgehead atoms. The number of hydrogen-bond donors (Lipinski definition) is 1. The van der Waals surface area contributed by atoms with E-state index in [0.29, 0.717) is 25.9 Å². The van der Waals surface area contributed by atoms with Crippen molar-refractivity contribution in [1.82, 2.24) is 4.90 Å². The van der Waals surface area contributed by atoms with Crippen molar-refractivity contribution in [2.75, 3.05) is 13.1 Å². The predicted octanol–water partition coefficient (Wildman–Crippen LogP) is 2.12. The molecule has 0 radical (unpaired) electrons. The molecule has 0 saturated carbocycles. The third-order valence-electron chi connectivity index (χ3n) is 4.66. The third-order valence-corrected chi connectivity index (χ3v) is 6.83. The van der Waals surface area contributed by atoms with Gasteiger partial charge in [0.15, 0.2) is 9.84 Å². The van der Waals surface area contributed by atoms with E-state index in [1.165, 1.54) is 0 Å². The molecule has 1 aliphatic heterocycles. The zero-order valence-corrected chi connectivity index (χ0v) is 15.5. The maximum absolute atomic E-state index is 12.4. The van der Waals surface area contributed by atoms with Crippen LogP contribution in [0, 0.1) is 5.92 Å². The number of likely N-dealkylation sites (tertiary alicyclic amines) is 1. The average molecular weight is 367 g/mol. The van der Waals surface area contributed by atoms with Crippen LogP contribution in [-0.2, 0) is 25.8 Å². The number of piperidine rings is 1. The van der Waals surface area contributed by atoms with Crippen LogP contribution < -0.4 is 0 Å². The molecule has 1 aliphatic rings. The Bertz CT molecular complexity index is 716. The number of benzene rings is 1. The Morgan fingerprint density at radius 3 is 2.20 bits per heavy atom. The van der Waals surface area contributed by atoms with Crippen molar-refractivity contribution in [2.24, 2.45) is 5.92 Å². The number of carboxylic acids is 1. The molecule has 138 valence electrons. The Labute approximate surface area is 148 Å². The van der Waals surface area contributed by atoms with Gasteiger partial charge in [-0.3, -0.25) is 9.59 Å². The molecule has 1 aromatic carbocycles. The smallest absolute Gasteiger partial charge is 0.303 e. The van der Waals surface area contributed by atoms with Gasteiger partial charge < -0.3 is 10.0 Å². The van der Waals surface area contributed by atoms with Crippen LogP contribution in [0.4, 0.5) is 0 Å². The molecular formula is C18H25NO5S. The maximum Gasteiger partial charge on any atom is 0.303 e. The highest BCUT2D eigenvalue weighted by molar-refractivity contribution is 7.92. The second kappa shape index (κ2) is 7.99. The number of amides is 1. The van der Waals surface area contributed by atoms with Crippen molar-refractivity contribution in [3.8, 4) is 0 Å². The summed E-state index contributed by atoms with van der Waals surface area (Å²) in [4.78, 5) is 25.2. The Kier molecular flexibility index (Phi) is 6.21. The third kappa shape index (κ3) is 5.04. The molecular weight excluding hydrogens is 342 g/mol. The van der Waals surface area contributed by atoms with Gasteiger partial charge in [0, 0.05) is 19.5 Å². The summed E-state index contributed by atoms with van der Waals surface area (Å²) in [5.41, 5.74) is 0.778. The Morgan fingerprint density at radius 2 is 1.72 bits per heavy atom. The lowest BCUT2D eigenvalue weighted by Crippen LogP contribution is -2.39. The molecule has 25 heavy (non-hydrogen) atoms. The number of sulfone groups is 1. The number of aliphatic carboxylic acids is 1. The molecule has 0 aromatic heterocycles. The fourth-order valence-corrected chi connectivity index (χ4v) is 4.05. The number of nitrogens with zero attached hydrogens (tertiary/aromatic N) is 1. The van der Waals surface area contributed by atoms with E-state index in [-0.39, 0.29) is 29.6 Å². The van der Waals surface area contributed by atoms with Gasteiger partial charge in [0.1, 0.15) is 0 Å². The van der Waals surface area contributed by atoms with E-state index in [0.717, 1.165) is 5.56 Å². The summed E-state index contributed by atoms with van der Waals surface area (Å²) in [6, 6.07) is 6.47. The van der Waals surface area contributed by atoms with Gasteiger partial charge in [-0.15, -0.1) is 0 Å². The fraction of sp³-hybridized carbons (Fsp3) is 0.556. The van der Waals surface area contributed by atoms with Crippen molar-refractivity contribution in [2.45, 2.75) is 49.7 Å². The topological polar surface area (TPSA) is 91.8 Å². The zero-order chi connectivity index (χ0) is 18.6. The molecule has 1 saturated heterocycles. The highest BCUT2D eigenvalue weighted by Crippen LogP contribution is 2.22. The standard InChI is InChI=1S/C18H25NO5S/c1-13(2)25(23,24)16-5-3-14(4-6-16)11-17(20)19-9-7-15(8-10-19)12-18(21)22/h3-6,13,15H,7-12H2,1-2H3,(H,21,22). The molecule has 1 N–H and O–H groups in total. The van der Waals surface area contributed by atoms with Crippen molar-refractivity contribution >= 4 is 21.7 Å². The van der Waals surface area contributed by atoms with Gasteiger partial charge in [-0.1, -0.05) is 12.1 Å². The average Bonchev–Trinajstić information content (AvgIpc) is 2.55. The molecule has 1 aromatic rings. The van der Waals surface area contributed by atoms with Gasteiger partial charge in [0.25, 0.3) is 0 Å². The maximum atomic E-state index is 12.4. The summed E-state index contributed by atoms with van der Waals surface area (Å²) in [5.74, 6) is -0.656. The Morgan fingerprint density at radius 1 is 1.16 bits per heavy atom. The first kappa shape index (κ1) is 19.4. The van der Waals surface area contributed by atoms with E-state index in [2.05, 4.69) is 0 Å². The molecule has 7 heteroatoms. The van der Waals surface area contributed by atoms with Crippen LogP contribution >= 0.6 is 0 Å². The number of hydrogen-bond acceptors (Lipinski definition) is 4. The number of carbonyl (C=O) groups excluding carboxylic acids is 1. The van der Waals surface area contributed by atoms with Gasteiger partial charge in [-0.2, -0.15) is 0 Å². The van der Waals surface area contributed by atoms with E-state index < -0.39 is 21.1 Å². The van der Waals surface area contributed by atoms with Crippen LogP contribution in [0.15, 0.2) is 29.2 Å². The minimum atomic E-state index is -3.30. The summed E-state index contributed by atoms with van der Waals surface area (Å²) in [5, 5.41) is 8.35. The van der Waals surface area contributed by atoms with Crippen LogP contribution in [0.5, 0.6) is 0 Å². The molecule has 1 heterocycles. The number of carboxylic acid groups (broad SMARTS) is 1. The monoisotopic (exact) mass is 367 g/mol. The first-order chi connectivity index (χ1) is 11.7. The molecule has 2 rings (SSSR count). The normalized spacial score (nSPS) is 16.2. The molecule has 1 amide bonds. The van der Waals surface area contributed by atoms with Crippen LogP contribution in [0.25, 0.3) is 0 Å². The highest BCUT2D eigenvalue weighted by Gasteiger charge is 2.24. The Hall–Kier alpha value is -1.89. The second-order valence-corrected chi connectivity index (χ2v) is 9.34. The van der Waals surface area contributed by atoms with Crippen LogP contribution in [0.3, 0.4) is 0 Å². The van der Waals surface area contributed by atoms with Gasteiger partial charge >= 0.3 is 5.97 Å². The van der Waals surface area contributed by atoms with E-state index in [4.69, 9.17) is 5.11 Å². The largest absolute Gasteiger partial charge is 0.481 e. The molecule has 0 spiro atoms. The lowest BCUT2D eigenvalue weighted by Gasteiger charge is -2.31. The minimum Gasteiger partial charge on any atom is -0.481 e. The van der Waals surface area contributed by atoms with Crippen molar-refractivity contribution < 1.29 is 23.1 Å². The van der Waals surface area contributed by atoms with Gasteiger partial charge in [-0.25, -0.2) is 8.42 Å². The van der Waals surface area contributed by atoms with Crippen LogP contribution in [0.2, 0.25) is 0 Å². The fourth-order valence-electron chi connectivity index (χ4n) is 2.99. The van der Waals surface area contributed by atoms with Crippen molar-refractivity contribution in [3.05, 3.63) is 29.8 Å². The first-order valence-electron chi connectivity index (χ1n) is 8.52. The number of rotatable bonds is 6. The molecule has 0 aliphatic carbocycles. The van der Waals surface area contributed by atoms with Crippen molar-refractivity contribution in [1.29, 1.82) is 0 Å². The van der Waals surface area contributed by atoms with Crippen LogP contribution in [0.1, 0.15) is 38.7 Å². The quantitative estimate of drug-likeness (QED) is 0.831. The summed E-state index contributed by atoms with van der Waals surface area (Å²) >= 11 is 0. The van der Waals surface area contributed by atoms with E-state index >= 15 is 0 Å². The molecule has 0 unspecified atom stereocenters. The summed E-state index contributed by atoms with van der Waals surface area (Å²) in [6.07, 6.45) is 1.81. The molecule has 0 atom stereocenters. The summed E-state index contributed by atoms with van der Waals surface area (Å²) < 4.78 is 24.2. The summed E-state index contributed by atoms with van der Waals surface area (Å²) in [6.45, 7) is 4.44. The number of carbonyl (C=O) groups is 2. The van der Waals surface area contributed by atoms with Crippen molar-refractivity contribution in [3.63, 3.8) is 0 Å². The van der Waals surface area contributed by atoms with Gasteiger partial charge in [-0.05, 0) is 50.3 Å². The van der Waals surface area contributed by atoms with E-state index in [1.54, 1.807) is 43.0 Å². The zero-order valence-electron chi connectivity index (χ0n) is 14.6. The highest BCUT2D eigenvalue weighted by atomic mass is 32.2. The minimum absolute atomic E-state index is 0.00626. The predicted molar refractivity (Wildman–Crippen MR) is 94.0 cm³/mol. The first-order valence-corrected chi connectivity index (χ1v) is 10.1. The van der Waals surface area contributed by atoms with Gasteiger partial charge in [0.05, 0.1) is 16.6 Å². The van der Waals surface area contributed by atoms with Crippen LogP contribution in [-0.4, -0.2) is 48.6 Å². The second-order valence-electron chi connectivity index (χ2n) is 6.84. The van der Waals surface area contributed by atoms with E-state index in [9.17, 15) is 18.0 Å².